The van der Waals surface area contributed by atoms with Crippen LogP contribution in [0.15, 0.2) is 18.3 Å². The third-order valence-electron chi connectivity index (χ3n) is 5.41. The van der Waals surface area contributed by atoms with Crippen molar-refractivity contribution in [2.24, 2.45) is 5.92 Å². The summed E-state index contributed by atoms with van der Waals surface area (Å²) >= 11 is 0. The highest BCUT2D eigenvalue weighted by Gasteiger charge is 2.39. The molecular formula is C18H24BF3N4O4. The van der Waals surface area contributed by atoms with Gasteiger partial charge in [-0.15, -0.1) is 0 Å². The van der Waals surface area contributed by atoms with Gasteiger partial charge in [0.15, 0.2) is 0 Å². The smallest absolute Gasteiger partial charge is 0.426 e. The molecule has 2 aliphatic rings. The van der Waals surface area contributed by atoms with Crippen molar-refractivity contribution in [2.45, 2.75) is 56.8 Å². The number of rotatable bonds is 8. The molecule has 164 valence electrons. The SMILES string of the molecule is CC(NC(=O)[C@H](CC1CC1)NC(=O)[C@@H]1CCN1c1ccc(C(F)(F)F)cn1)B(O)O. The zero-order valence-corrected chi connectivity index (χ0v) is 16.4. The Morgan fingerprint density at radius 1 is 1.27 bits per heavy atom. The predicted octanol–water partition coefficient (Wildman–Crippen LogP) is 0.481. The van der Waals surface area contributed by atoms with E-state index in [9.17, 15) is 22.8 Å². The van der Waals surface area contributed by atoms with Gasteiger partial charge >= 0.3 is 13.3 Å². The Morgan fingerprint density at radius 3 is 2.43 bits per heavy atom. The van der Waals surface area contributed by atoms with Gasteiger partial charge in [-0.25, -0.2) is 4.98 Å². The fourth-order valence-electron chi connectivity index (χ4n) is 3.24. The number of pyridine rings is 1. The normalized spacial score (nSPS) is 20.7. The van der Waals surface area contributed by atoms with Crippen molar-refractivity contribution in [1.29, 1.82) is 0 Å². The maximum absolute atomic E-state index is 12.7. The number of nitrogens with one attached hydrogen (secondary N) is 2. The monoisotopic (exact) mass is 428 g/mol. The molecule has 2 heterocycles. The lowest BCUT2D eigenvalue weighted by molar-refractivity contribution is -0.137. The van der Waals surface area contributed by atoms with Crippen LogP contribution in [-0.4, -0.2) is 58.5 Å². The molecule has 3 rings (SSSR count). The van der Waals surface area contributed by atoms with Gasteiger partial charge in [0.2, 0.25) is 11.8 Å². The molecular weight excluding hydrogens is 404 g/mol. The number of hydrogen-bond donors (Lipinski definition) is 4. The van der Waals surface area contributed by atoms with Crippen LogP contribution in [0.4, 0.5) is 19.0 Å². The van der Waals surface area contributed by atoms with Gasteiger partial charge in [0, 0.05) is 12.7 Å². The number of amides is 2. The number of halogens is 3. The van der Waals surface area contributed by atoms with Gasteiger partial charge in [-0.3, -0.25) is 9.59 Å². The minimum atomic E-state index is -4.49. The fourth-order valence-corrected chi connectivity index (χ4v) is 3.24. The Kier molecular flexibility index (Phi) is 6.56. The molecule has 1 aliphatic heterocycles. The maximum Gasteiger partial charge on any atom is 0.475 e. The lowest BCUT2D eigenvalue weighted by Crippen LogP contribution is -2.60. The molecule has 2 fully saturated rings. The van der Waals surface area contributed by atoms with Crippen LogP contribution in [0.25, 0.3) is 0 Å². The van der Waals surface area contributed by atoms with E-state index >= 15 is 0 Å². The van der Waals surface area contributed by atoms with E-state index in [4.69, 9.17) is 10.0 Å². The number of anilines is 1. The van der Waals surface area contributed by atoms with Crippen LogP contribution in [0.5, 0.6) is 0 Å². The van der Waals surface area contributed by atoms with Gasteiger partial charge < -0.3 is 25.6 Å². The van der Waals surface area contributed by atoms with Gasteiger partial charge in [0.25, 0.3) is 0 Å². The van der Waals surface area contributed by atoms with Gasteiger partial charge in [-0.2, -0.15) is 13.2 Å². The molecule has 4 N–H and O–H groups in total. The lowest BCUT2D eigenvalue weighted by atomic mass is 9.81. The van der Waals surface area contributed by atoms with E-state index in [0.717, 1.165) is 25.1 Å². The summed E-state index contributed by atoms with van der Waals surface area (Å²) in [6.07, 6.45) is -0.908. The first-order valence-electron chi connectivity index (χ1n) is 9.83. The molecule has 1 saturated heterocycles. The first-order chi connectivity index (χ1) is 14.1. The van der Waals surface area contributed by atoms with E-state index in [-0.39, 0.29) is 5.82 Å². The van der Waals surface area contributed by atoms with Gasteiger partial charge in [-0.1, -0.05) is 12.8 Å². The fraction of sp³-hybridized carbons (Fsp3) is 0.611. The summed E-state index contributed by atoms with van der Waals surface area (Å²) in [5.74, 6) is -1.23. The van der Waals surface area contributed by atoms with Crippen molar-refractivity contribution < 1.29 is 32.8 Å². The molecule has 1 unspecified atom stereocenters. The zero-order valence-electron chi connectivity index (χ0n) is 16.4. The van der Waals surface area contributed by atoms with Crippen LogP contribution < -0.4 is 15.5 Å². The quantitative estimate of drug-likeness (QED) is 0.448. The highest BCUT2D eigenvalue weighted by molar-refractivity contribution is 6.43. The number of alkyl halides is 3. The predicted molar refractivity (Wildman–Crippen MR) is 102 cm³/mol. The zero-order chi connectivity index (χ0) is 22.1. The van der Waals surface area contributed by atoms with Crippen molar-refractivity contribution >= 4 is 24.8 Å². The molecule has 2 amide bonds. The van der Waals surface area contributed by atoms with Crippen molar-refractivity contribution in [3.8, 4) is 0 Å². The van der Waals surface area contributed by atoms with Crippen LogP contribution in [0.2, 0.25) is 0 Å². The Morgan fingerprint density at radius 2 is 1.97 bits per heavy atom. The minimum Gasteiger partial charge on any atom is -0.426 e. The summed E-state index contributed by atoms with van der Waals surface area (Å²) in [5.41, 5.74) is -0.867. The number of aromatic nitrogens is 1. The molecule has 0 aromatic carbocycles. The molecule has 30 heavy (non-hydrogen) atoms. The van der Waals surface area contributed by atoms with E-state index in [1.807, 2.05) is 0 Å². The molecule has 0 spiro atoms. The van der Waals surface area contributed by atoms with Crippen LogP contribution in [0.3, 0.4) is 0 Å². The summed E-state index contributed by atoms with van der Waals surface area (Å²) < 4.78 is 38.1. The average molecular weight is 428 g/mol. The van der Waals surface area contributed by atoms with Crippen LogP contribution in [-0.2, 0) is 15.8 Å². The van der Waals surface area contributed by atoms with Crippen molar-refractivity contribution in [3.63, 3.8) is 0 Å². The summed E-state index contributed by atoms with van der Waals surface area (Å²) in [6.45, 7) is 1.90. The van der Waals surface area contributed by atoms with Crippen molar-refractivity contribution in [3.05, 3.63) is 23.9 Å². The van der Waals surface area contributed by atoms with E-state index in [1.54, 1.807) is 4.90 Å². The topological polar surface area (TPSA) is 115 Å². The van der Waals surface area contributed by atoms with Crippen molar-refractivity contribution in [1.82, 2.24) is 15.6 Å². The minimum absolute atomic E-state index is 0.259. The molecule has 8 nitrogen and oxygen atoms in total. The largest absolute Gasteiger partial charge is 0.475 e. The maximum atomic E-state index is 12.7. The van der Waals surface area contributed by atoms with Gasteiger partial charge in [0.1, 0.15) is 17.9 Å². The number of carbonyl (C=O) groups is 2. The molecule has 0 bridgehead atoms. The molecule has 1 aliphatic carbocycles. The third-order valence-corrected chi connectivity index (χ3v) is 5.41. The number of carbonyl (C=O) groups excluding carboxylic acids is 2. The summed E-state index contributed by atoms with van der Waals surface area (Å²) in [5, 5.41) is 23.5. The molecule has 12 heteroatoms. The molecule has 3 atom stereocenters. The van der Waals surface area contributed by atoms with E-state index in [0.29, 0.717) is 25.3 Å². The Bertz CT molecular complexity index is 774. The Hall–Kier alpha value is -2.34. The second kappa shape index (κ2) is 8.80. The first-order valence-corrected chi connectivity index (χ1v) is 9.83. The Labute approximate surface area is 172 Å². The summed E-state index contributed by atoms with van der Waals surface area (Å²) in [6, 6.07) is 0.681. The first kappa shape index (κ1) is 22.4. The van der Waals surface area contributed by atoms with Crippen molar-refractivity contribution in [2.75, 3.05) is 11.4 Å². The summed E-state index contributed by atoms with van der Waals surface area (Å²) in [4.78, 5) is 30.6. The van der Waals surface area contributed by atoms with Crippen LogP contribution in [0, 0.1) is 5.92 Å². The van der Waals surface area contributed by atoms with Gasteiger partial charge in [0.05, 0.1) is 11.5 Å². The molecule has 0 radical (unpaired) electrons. The van der Waals surface area contributed by atoms with E-state index < -0.39 is 48.7 Å². The average Bonchev–Trinajstić information content (AvgIpc) is 3.43. The third kappa shape index (κ3) is 5.42. The van der Waals surface area contributed by atoms with Crippen LogP contribution >= 0.6 is 0 Å². The number of hydrogen-bond acceptors (Lipinski definition) is 6. The standard InChI is InChI=1S/C18H24BF3N4O4/c1-10(19(29)30)24-16(27)13(8-11-2-3-11)25-17(28)14-6-7-26(14)15-5-4-12(9-23-15)18(20,21)22/h4-5,9-11,13-14,29-30H,2-3,6-8H2,1H3,(H,24,27)(H,25,28)/t10?,13-,14-/m0/s1. The second-order valence-corrected chi connectivity index (χ2v) is 7.85. The number of nitrogens with zero attached hydrogens (tertiary/aromatic N) is 2. The van der Waals surface area contributed by atoms with E-state index in [2.05, 4.69) is 15.6 Å². The molecule has 1 aromatic rings. The second-order valence-electron chi connectivity index (χ2n) is 7.85. The Balaban J connectivity index is 1.63. The molecule has 1 saturated carbocycles. The molecule has 1 aromatic heterocycles. The van der Waals surface area contributed by atoms with Gasteiger partial charge in [-0.05, 0) is 37.8 Å². The lowest BCUT2D eigenvalue weighted by Gasteiger charge is -2.41. The van der Waals surface area contributed by atoms with Crippen LogP contribution in [0.1, 0.15) is 38.2 Å². The highest BCUT2D eigenvalue weighted by atomic mass is 19.4. The summed E-state index contributed by atoms with van der Waals surface area (Å²) in [7, 11) is -1.72. The highest BCUT2D eigenvalue weighted by Crippen LogP contribution is 2.34. The van der Waals surface area contributed by atoms with E-state index in [1.165, 1.54) is 13.0 Å².